The minimum absolute atomic E-state index is 0. The van der Waals surface area contributed by atoms with Gasteiger partial charge in [-0.2, -0.15) is 0 Å². The number of phenols is 4. The molecule has 0 radical (unpaired) electrons. The van der Waals surface area contributed by atoms with E-state index in [4.69, 9.17) is 0 Å². The lowest BCUT2D eigenvalue weighted by Crippen LogP contribution is -2.20. The molecule has 2 aromatic rings. The van der Waals surface area contributed by atoms with E-state index in [0.717, 1.165) is 74.1 Å². The molecule has 0 aliphatic heterocycles. The van der Waals surface area contributed by atoms with E-state index in [1.54, 1.807) is 12.1 Å². The number of benzene rings is 2. The van der Waals surface area contributed by atoms with E-state index in [2.05, 4.69) is 10.6 Å². The zero-order valence-electron chi connectivity index (χ0n) is 19.5. The number of unbranched alkanes of at least 4 members (excludes halogenated alkanes) is 3. The first-order valence-corrected chi connectivity index (χ1v) is 10.8. The van der Waals surface area contributed by atoms with Crippen LogP contribution in [0.4, 0.5) is 0 Å². The second-order valence-corrected chi connectivity index (χ2v) is 7.85. The molecule has 0 unspecified atom stereocenters. The Kier molecular flexibility index (Phi) is 18.2. The van der Waals surface area contributed by atoms with Crippen molar-refractivity contribution in [2.45, 2.75) is 52.4 Å². The van der Waals surface area contributed by atoms with Crippen LogP contribution in [0, 0.1) is 13.8 Å². The van der Waals surface area contributed by atoms with Crippen molar-refractivity contribution in [1.29, 1.82) is 0 Å². The average molecular weight is 596 g/mol. The van der Waals surface area contributed by atoms with Gasteiger partial charge in [0.2, 0.25) is 0 Å². The molecule has 0 aliphatic carbocycles. The number of halogens is 2. The Labute approximate surface area is 218 Å². The summed E-state index contributed by atoms with van der Waals surface area (Å²) in [6, 6.07) is 6.82. The second-order valence-electron chi connectivity index (χ2n) is 7.85. The molecule has 0 amide bonds. The molecule has 0 heterocycles. The first kappa shape index (κ1) is 33.7. The first-order valence-electron chi connectivity index (χ1n) is 10.8. The Bertz CT molecular complexity index is 754. The molecule has 0 saturated carbocycles. The molecule has 7 nitrogen and oxygen atoms in total. The van der Waals surface area contributed by atoms with Gasteiger partial charge in [-0.25, -0.2) is 0 Å². The highest BCUT2D eigenvalue weighted by molar-refractivity contribution is 8.93. The van der Waals surface area contributed by atoms with E-state index in [0.29, 0.717) is 0 Å². The summed E-state index contributed by atoms with van der Waals surface area (Å²) in [5.74, 6) is -0.156. The van der Waals surface area contributed by atoms with Gasteiger partial charge in [-0.1, -0.05) is 25.0 Å². The summed E-state index contributed by atoms with van der Waals surface area (Å²) in [7, 11) is 0. The lowest BCUT2D eigenvalue weighted by atomic mass is 10.0. The van der Waals surface area contributed by atoms with Crippen LogP contribution in [0.3, 0.4) is 0 Å². The van der Waals surface area contributed by atoms with Crippen LogP contribution in [0.5, 0.6) is 23.0 Å². The van der Waals surface area contributed by atoms with E-state index in [1.807, 2.05) is 26.0 Å². The maximum Gasteiger partial charge on any atom is 0.160 e. The third kappa shape index (κ3) is 11.0. The minimum atomic E-state index is -0.0616. The Morgan fingerprint density at radius 1 is 0.576 bits per heavy atom. The van der Waals surface area contributed by atoms with Gasteiger partial charge in [0.25, 0.3) is 0 Å². The molecular weight excluding hydrogens is 556 g/mol. The fraction of sp³-hybridized carbons (Fsp3) is 0.500. The molecule has 0 aliphatic rings. The summed E-state index contributed by atoms with van der Waals surface area (Å²) in [5.41, 5.74) is 3.62. The van der Waals surface area contributed by atoms with Gasteiger partial charge in [-0.15, -0.1) is 34.0 Å². The maximum atomic E-state index is 9.76. The quantitative estimate of drug-likeness (QED) is 0.153. The summed E-state index contributed by atoms with van der Waals surface area (Å²) >= 11 is 0. The van der Waals surface area contributed by atoms with Crippen molar-refractivity contribution in [2.24, 2.45) is 0 Å². The molecule has 9 heteroatoms. The van der Waals surface area contributed by atoms with Gasteiger partial charge in [0.1, 0.15) is 0 Å². The Morgan fingerprint density at radius 2 is 0.939 bits per heavy atom. The van der Waals surface area contributed by atoms with Gasteiger partial charge < -0.3 is 36.5 Å². The number of nitrogens with one attached hydrogen (secondary N) is 2. The lowest BCUT2D eigenvalue weighted by Gasteiger charge is -2.10. The fourth-order valence-electron chi connectivity index (χ4n) is 3.55. The summed E-state index contributed by atoms with van der Waals surface area (Å²) in [5, 5.41) is 45.4. The molecule has 0 spiro atoms. The van der Waals surface area contributed by atoms with Crippen molar-refractivity contribution >= 4 is 34.0 Å². The summed E-state index contributed by atoms with van der Waals surface area (Å²) < 4.78 is 0. The van der Waals surface area contributed by atoms with E-state index in [-0.39, 0.29) is 62.4 Å². The third-order valence-corrected chi connectivity index (χ3v) is 5.64. The maximum absolute atomic E-state index is 9.76. The first-order chi connectivity index (χ1) is 14.4. The largest absolute Gasteiger partial charge is 0.504 e. The molecule has 2 rings (SSSR count). The molecule has 0 fully saturated rings. The second kappa shape index (κ2) is 17.9. The number of hydrogen-bond donors (Lipinski definition) is 6. The van der Waals surface area contributed by atoms with Crippen molar-refractivity contribution in [3.05, 3.63) is 46.5 Å². The lowest BCUT2D eigenvalue weighted by molar-refractivity contribution is 0.400. The minimum Gasteiger partial charge on any atom is -0.504 e. The SMILES string of the molecule is Br.Br.Cc1c(CCNCCCCCCNCCc2ccc(O)c(O)c2C)ccc(O)c1O.O. The summed E-state index contributed by atoms with van der Waals surface area (Å²) in [6.07, 6.45) is 6.35. The van der Waals surface area contributed by atoms with E-state index in [1.165, 1.54) is 12.8 Å². The van der Waals surface area contributed by atoms with Crippen LogP contribution in [0.25, 0.3) is 0 Å². The van der Waals surface area contributed by atoms with Crippen LogP contribution < -0.4 is 10.6 Å². The molecule has 33 heavy (non-hydrogen) atoms. The molecule has 0 atom stereocenters. The molecule has 0 aromatic heterocycles. The molecule has 2 aromatic carbocycles. The van der Waals surface area contributed by atoms with E-state index >= 15 is 0 Å². The highest BCUT2D eigenvalue weighted by Gasteiger charge is 2.08. The third-order valence-electron chi connectivity index (χ3n) is 5.64. The number of hydrogen-bond acceptors (Lipinski definition) is 6. The number of phenolic OH excluding ortho intramolecular Hbond substituents is 4. The van der Waals surface area contributed by atoms with Gasteiger partial charge >= 0.3 is 0 Å². The Balaban J connectivity index is 0. The van der Waals surface area contributed by atoms with Crippen molar-refractivity contribution in [2.75, 3.05) is 26.2 Å². The van der Waals surface area contributed by atoms with Gasteiger partial charge in [0, 0.05) is 0 Å². The van der Waals surface area contributed by atoms with E-state index in [9.17, 15) is 20.4 Å². The normalized spacial score (nSPS) is 10.1. The van der Waals surface area contributed by atoms with Crippen molar-refractivity contribution in [1.82, 2.24) is 10.6 Å². The van der Waals surface area contributed by atoms with Crippen LogP contribution in [0.2, 0.25) is 0 Å². The van der Waals surface area contributed by atoms with Crippen LogP contribution in [-0.4, -0.2) is 52.1 Å². The average Bonchev–Trinajstić information content (AvgIpc) is 2.74. The Hall–Kier alpha value is -1.52. The van der Waals surface area contributed by atoms with Gasteiger partial charge in [0.05, 0.1) is 0 Å². The van der Waals surface area contributed by atoms with Crippen molar-refractivity contribution in [3.63, 3.8) is 0 Å². The number of aromatic hydroxyl groups is 4. The number of rotatable bonds is 13. The molecular formula is C24H40Br2N2O5. The fourth-order valence-corrected chi connectivity index (χ4v) is 3.55. The summed E-state index contributed by atoms with van der Waals surface area (Å²) in [4.78, 5) is 0. The van der Waals surface area contributed by atoms with Crippen LogP contribution in [0.15, 0.2) is 24.3 Å². The Morgan fingerprint density at radius 3 is 1.30 bits per heavy atom. The van der Waals surface area contributed by atoms with Gasteiger partial charge in [0.15, 0.2) is 23.0 Å². The molecule has 0 bridgehead atoms. The van der Waals surface area contributed by atoms with Crippen LogP contribution in [-0.2, 0) is 12.8 Å². The van der Waals surface area contributed by atoms with E-state index < -0.39 is 0 Å². The zero-order chi connectivity index (χ0) is 21.9. The highest BCUT2D eigenvalue weighted by Crippen LogP contribution is 2.31. The van der Waals surface area contributed by atoms with Crippen molar-refractivity contribution in [3.8, 4) is 23.0 Å². The van der Waals surface area contributed by atoms with Gasteiger partial charge in [-0.3, -0.25) is 0 Å². The predicted octanol–water partition coefficient (Wildman–Crippen LogP) is 3.98. The smallest absolute Gasteiger partial charge is 0.160 e. The summed E-state index contributed by atoms with van der Waals surface area (Å²) in [6.45, 7) is 7.35. The highest BCUT2D eigenvalue weighted by atomic mass is 79.9. The topological polar surface area (TPSA) is 136 Å². The predicted molar refractivity (Wildman–Crippen MR) is 145 cm³/mol. The molecule has 0 saturated heterocycles. The van der Waals surface area contributed by atoms with Crippen LogP contribution >= 0.6 is 34.0 Å². The molecule has 190 valence electrons. The standard InChI is InChI=1S/C24H36N2O4.2BrH.H2O/c1-17-19(7-9-21(27)23(17)29)11-15-25-13-5-3-4-6-14-26-16-12-20-8-10-22(28)24(30)18(20)2;;;/h7-10,25-30H,3-6,11-16H2,1-2H3;2*1H;1H2. The molecule has 8 N–H and O–H groups in total. The van der Waals surface area contributed by atoms with Crippen molar-refractivity contribution < 1.29 is 25.9 Å². The monoisotopic (exact) mass is 594 g/mol. The van der Waals surface area contributed by atoms with Gasteiger partial charge in [-0.05, 0) is 100 Å². The zero-order valence-corrected chi connectivity index (χ0v) is 22.9. The van der Waals surface area contributed by atoms with Crippen LogP contribution in [0.1, 0.15) is 47.9 Å².